The predicted molar refractivity (Wildman–Crippen MR) is 80.2 cm³/mol. The van der Waals surface area contributed by atoms with Crippen molar-refractivity contribution in [3.05, 3.63) is 64.6 Å². The Balaban J connectivity index is 2.04. The topological polar surface area (TPSA) is 48.4 Å². The molecule has 0 aliphatic carbocycles. The van der Waals surface area contributed by atoms with E-state index in [1.54, 1.807) is 24.3 Å². The number of rotatable bonds is 3. The molecule has 1 heterocycles. The van der Waals surface area contributed by atoms with Gasteiger partial charge in [-0.15, -0.1) is 0 Å². The van der Waals surface area contributed by atoms with Gasteiger partial charge in [0.1, 0.15) is 17.3 Å². The van der Waals surface area contributed by atoms with Crippen LogP contribution in [0.3, 0.4) is 0 Å². The van der Waals surface area contributed by atoms with Gasteiger partial charge in [0.15, 0.2) is 5.58 Å². The molecule has 3 rings (SSSR count). The van der Waals surface area contributed by atoms with Gasteiger partial charge in [-0.25, -0.2) is 4.39 Å². The number of furan rings is 1. The van der Waals surface area contributed by atoms with Gasteiger partial charge in [-0.1, -0.05) is 29.8 Å². The quantitative estimate of drug-likeness (QED) is 0.785. The Morgan fingerprint density at radius 2 is 2.05 bits per heavy atom. The highest BCUT2D eigenvalue weighted by Gasteiger charge is 2.19. The van der Waals surface area contributed by atoms with Crippen molar-refractivity contribution in [3.8, 4) is 5.75 Å². The van der Waals surface area contributed by atoms with Crippen molar-refractivity contribution < 1.29 is 13.5 Å². The van der Waals surface area contributed by atoms with E-state index in [9.17, 15) is 4.39 Å². The summed E-state index contributed by atoms with van der Waals surface area (Å²) in [6.07, 6.45) is 0. The fourth-order valence-electron chi connectivity index (χ4n) is 2.24. The fourth-order valence-corrected chi connectivity index (χ4v) is 2.46. The molecule has 2 aromatic carbocycles. The first-order valence-electron chi connectivity index (χ1n) is 6.37. The molecule has 1 atom stereocenters. The minimum Gasteiger partial charge on any atom is -0.497 e. The third kappa shape index (κ3) is 2.48. The van der Waals surface area contributed by atoms with Crippen LogP contribution in [0.15, 0.2) is 46.9 Å². The summed E-state index contributed by atoms with van der Waals surface area (Å²) in [4.78, 5) is 0. The van der Waals surface area contributed by atoms with Gasteiger partial charge in [0, 0.05) is 17.0 Å². The summed E-state index contributed by atoms with van der Waals surface area (Å²) in [5, 5.41) is 1.34. The molecule has 0 saturated carbocycles. The molecule has 2 N–H and O–H groups in total. The lowest BCUT2D eigenvalue weighted by atomic mass is 10.0. The predicted octanol–water partition coefficient (Wildman–Crippen LogP) is 4.28. The Kier molecular flexibility index (Phi) is 3.57. The monoisotopic (exact) mass is 305 g/mol. The number of para-hydroxylation sites is 1. The van der Waals surface area contributed by atoms with Crippen LogP contribution in [0.1, 0.15) is 17.4 Å². The number of nitrogens with two attached hydrogens (primary N) is 1. The largest absolute Gasteiger partial charge is 0.497 e. The Morgan fingerprint density at radius 1 is 1.24 bits per heavy atom. The number of hydrogen-bond acceptors (Lipinski definition) is 3. The second-order valence-corrected chi connectivity index (χ2v) is 5.08. The molecular formula is C16H13ClFNO2. The molecule has 0 spiro atoms. The van der Waals surface area contributed by atoms with E-state index in [1.165, 1.54) is 13.2 Å². The van der Waals surface area contributed by atoms with Gasteiger partial charge >= 0.3 is 0 Å². The summed E-state index contributed by atoms with van der Waals surface area (Å²) >= 11 is 6.07. The standard InChI is InChI=1S/C16H13ClFNO2/c1-20-10-5-6-11(13(18)8-10)15(19)14-7-9-3-2-4-12(17)16(9)21-14/h2-8,15H,19H2,1H3. The smallest absolute Gasteiger partial charge is 0.152 e. The first-order chi connectivity index (χ1) is 10.1. The number of fused-ring (bicyclic) bond motifs is 1. The zero-order valence-corrected chi connectivity index (χ0v) is 12.0. The summed E-state index contributed by atoms with van der Waals surface area (Å²) < 4.78 is 24.7. The van der Waals surface area contributed by atoms with Crippen molar-refractivity contribution in [2.45, 2.75) is 6.04 Å². The lowest BCUT2D eigenvalue weighted by Gasteiger charge is -2.11. The molecular weight excluding hydrogens is 293 g/mol. The summed E-state index contributed by atoms with van der Waals surface area (Å²) in [7, 11) is 1.48. The highest BCUT2D eigenvalue weighted by atomic mass is 35.5. The van der Waals surface area contributed by atoms with Gasteiger partial charge in [-0.05, 0) is 18.2 Å². The molecule has 5 heteroatoms. The van der Waals surface area contributed by atoms with Gasteiger partial charge < -0.3 is 14.9 Å². The maximum atomic E-state index is 14.1. The van der Waals surface area contributed by atoms with Crippen LogP contribution in [0.4, 0.5) is 4.39 Å². The minimum absolute atomic E-state index is 0.339. The zero-order valence-electron chi connectivity index (χ0n) is 11.3. The van der Waals surface area contributed by atoms with Crippen LogP contribution in [0.5, 0.6) is 5.75 Å². The molecule has 0 saturated heterocycles. The van der Waals surface area contributed by atoms with Crippen molar-refractivity contribution in [1.29, 1.82) is 0 Å². The van der Waals surface area contributed by atoms with Crippen molar-refractivity contribution >= 4 is 22.6 Å². The average Bonchev–Trinajstić information content (AvgIpc) is 2.92. The van der Waals surface area contributed by atoms with Crippen LogP contribution < -0.4 is 10.5 Å². The van der Waals surface area contributed by atoms with Gasteiger partial charge in [0.2, 0.25) is 0 Å². The molecule has 3 aromatic rings. The second-order valence-electron chi connectivity index (χ2n) is 4.67. The van der Waals surface area contributed by atoms with Gasteiger partial charge in [-0.2, -0.15) is 0 Å². The third-order valence-corrected chi connectivity index (χ3v) is 3.66. The van der Waals surface area contributed by atoms with Gasteiger partial charge in [-0.3, -0.25) is 0 Å². The number of halogens is 2. The molecule has 0 radical (unpaired) electrons. The maximum Gasteiger partial charge on any atom is 0.152 e. The molecule has 21 heavy (non-hydrogen) atoms. The molecule has 0 fully saturated rings. The van der Waals surface area contributed by atoms with Crippen LogP contribution >= 0.6 is 11.6 Å². The number of benzene rings is 2. The highest BCUT2D eigenvalue weighted by Crippen LogP contribution is 2.32. The van der Waals surface area contributed by atoms with Crippen molar-refractivity contribution in [1.82, 2.24) is 0 Å². The molecule has 0 amide bonds. The van der Waals surface area contributed by atoms with Crippen molar-refractivity contribution in [2.24, 2.45) is 5.73 Å². The van der Waals surface area contributed by atoms with Crippen LogP contribution in [0.25, 0.3) is 11.0 Å². The lowest BCUT2D eigenvalue weighted by molar-refractivity contribution is 0.410. The van der Waals surface area contributed by atoms with E-state index in [0.29, 0.717) is 27.7 Å². The molecule has 108 valence electrons. The van der Waals surface area contributed by atoms with Gasteiger partial charge in [0.25, 0.3) is 0 Å². The summed E-state index contributed by atoms with van der Waals surface area (Å²) in [6, 6.07) is 11.0. The maximum absolute atomic E-state index is 14.1. The van der Waals surface area contributed by atoms with E-state index in [1.807, 2.05) is 12.1 Å². The number of hydrogen-bond donors (Lipinski definition) is 1. The first-order valence-corrected chi connectivity index (χ1v) is 6.75. The molecule has 1 unspecified atom stereocenters. The van der Waals surface area contributed by atoms with E-state index < -0.39 is 11.9 Å². The second kappa shape index (κ2) is 5.39. The van der Waals surface area contributed by atoms with Gasteiger partial charge in [0.05, 0.1) is 18.2 Å². The Morgan fingerprint density at radius 3 is 2.71 bits per heavy atom. The normalized spacial score (nSPS) is 12.6. The molecule has 3 nitrogen and oxygen atoms in total. The van der Waals surface area contributed by atoms with E-state index >= 15 is 0 Å². The Labute approximate surface area is 126 Å². The lowest BCUT2D eigenvalue weighted by Crippen LogP contribution is -2.12. The molecule has 1 aromatic heterocycles. The van der Waals surface area contributed by atoms with Crippen LogP contribution in [-0.4, -0.2) is 7.11 Å². The summed E-state index contributed by atoms with van der Waals surface area (Å²) in [6.45, 7) is 0. The molecule has 0 bridgehead atoms. The minimum atomic E-state index is -0.709. The number of methoxy groups -OCH3 is 1. The van der Waals surface area contributed by atoms with E-state index in [4.69, 9.17) is 26.5 Å². The zero-order chi connectivity index (χ0) is 15.0. The van der Waals surface area contributed by atoms with Crippen LogP contribution in [0.2, 0.25) is 5.02 Å². The van der Waals surface area contributed by atoms with E-state index in [2.05, 4.69) is 0 Å². The summed E-state index contributed by atoms with van der Waals surface area (Å²) in [5.74, 6) is 0.465. The molecule has 0 aliphatic rings. The first kappa shape index (κ1) is 13.9. The average molecular weight is 306 g/mol. The van der Waals surface area contributed by atoms with E-state index in [-0.39, 0.29) is 0 Å². The molecule has 0 aliphatic heterocycles. The SMILES string of the molecule is COc1ccc(C(N)c2cc3cccc(Cl)c3o2)c(F)c1. The fraction of sp³-hybridized carbons (Fsp3) is 0.125. The summed E-state index contributed by atoms with van der Waals surface area (Å²) in [5.41, 5.74) is 7.00. The number of ether oxygens (including phenoxy) is 1. The highest BCUT2D eigenvalue weighted by molar-refractivity contribution is 6.34. The van der Waals surface area contributed by atoms with Crippen molar-refractivity contribution in [3.63, 3.8) is 0 Å². The van der Waals surface area contributed by atoms with Crippen LogP contribution in [0, 0.1) is 5.82 Å². The van der Waals surface area contributed by atoms with Crippen LogP contribution in [-0.2, 0) is 0 Å². The van der Waals surface area contributed by atoms with E-state index in [0.717, 1.165) is 5.39 Å². The Hall–Kier alpha value is -2.04. The third-order valence-electron chi connectivity index (χ3n) is 3.36. The van der Waals surface area contributed by atoms with Crippen molar-refractivity contribution in [2.75, 3.05) is 7.11 Å². The Bertz CT molecular complexity index is 800.